The van der Waals surface area contributed by atoms with Gasteiger partial charge >= 0.3 is 0 Å². The quantitative estimate of drug-likeness (QED) is 0.250. The molecule has 0 fully saturated rings. The number of Topliss-reactive ketones (excluding diaryl/α,β-unsaturated/α-hetero) is 1. The van der Waals surface area contributed by atoms with Gasteiger partial charge in [0.1, 0.15) is 5.78 Å². The summed E-state index contributed by atoms with van der Waals surface area (Å²) in [6.07, 6.45) is 7.09. The summed E-state index contributed by atoms with van der Waals surface area (Å²) in [7, 11) is 0. The van der Waals surface area contributed by atoms with Crippen molar-refractivity contribution in [1.29, 1.82) is 0 Å². The van der Waals surface area contributed by atoms with Gasteiger partial charge in [0.25, 0.3) is 0 Å². The molecule has 0 aliphatic heterocycles. The Morgan fingerprint density at radius 2 is 1.83 bits per heavy atom. The summed E-state index contributed by atoms with van der Waals surface area (Å²) in [5.74, 6) is -0.759. The minimum Gasteiger partial charge on any atom is -0.396 e. The van der Waals surface area contributed by atoms with Crippen molar-refractivity contribution in [2.24, 2.45) is 17.3 Å². The molecule has 1 aromatic heterocycles. The van der Waals surface area contributed by atoms with Gasteiger partial charge < -0.3 is 20.4 Å². The fourth-order valence-electron chi connectivity index (χ4n) is 4.37. The minimum absolute atomic E-state index is 0.0587. The molecule has 0 saturated carbocycles. The van der Waals surface area contributed by atoms with Gasteiger partial charge in [0, 0.05) is 24.1 Å². The lowest BCUT2D eigenvalue weighted by molar-refractivity contribution is -0.143. The lowest BCUT2D eigenvalue weighted by Gasteiger charge is -2.35. The van der Waals surface area contributed by atoms with Crippen molar-refractivity contribution >= 4 is 11.9 Å². The number of carbonyl (C=O) groups is 1. The van der Waals surface area contributed by atoms with E-state index in [0.29, 0.717) is 12.8 Å². The van der Waals surface area contributed by atoms with Gasteiger partial charge in [-0.25, -0.2) is 0 Å². The summed E-state index contributed by atoms with van der Waals surface area (Å²) in [4.78, 5) is 17.4. The summed E-state index contributed by atoms with van der Waals surface area (Å²) in [5.41, 5.74) is 1.86. The second kappa shape index (κ2) is 15.3. The number of nitrogens with zero attached hydrogens (tertiary/aromatic N) is 1. The van der Waals surface area contributed by atoms with Gasteiger partial charge in [0.2, 0.25) is 0 Å². The number of aliphatic hydroxyl groups is 4. The maximum absolute atomic E-state index is 13.1. The van der Waals surface area contributed by atoms with Crippen molar-refractivity contribution < 1.29 is 25.2 Å². The molecule has 0 radical (unpaired) electrons. The van der Waals surface area contributed by atoms with Crippen LogP contribution in [0.4, 0.5) is 0 Å². The third-order valence-electron chi connectivity index (χ3n) is 7.15. The Labute approximate surface area is 211 Å². The van der Waals surface area contributed by atoms with E-state index in [1.807, 2.05) is 45.0 Å². The third-order valence-corrected chi connectivity index (χ3v) is 7.15. The minimum atomic E-state index is -1.02. The molecule has 5 atom stereocenters. The molecule has 0 saturated heterocycles. The van der Waals surface area contributed by atoms with Crippen molar-refractivity contribution in [3.63, 3.8) is 0 Å². The summed E-state index contributed by atoms with van der Waals surface area (Å²) < 4.78 is 0. The van der Waals surface area contributed by atoms with Gasteiger partial charge in [0.05, 0.1) is 24.0 Å². The number of hydrogen-bond donors (Lipinski definition) is 4. The first kappa shape index (κ1) is 31.2. The summed E-state index contributed by atoms with van der Waals surface area (Å²) in [6.45, 7) is 11.0. The predicted molar refractivity (Wildman–Crippen MR) is 142 cm³/mol. The molecule has 6 heteroatoms. The Bertz CT molecular complexity index is 818. The van der Waals surface area contributed by atoms with Crippen LogP contribution in [-0.4, -0.2) is 56.1 Å². The predicted octanol–water partition coefficient (Wildman–Crippen LogP) is 4.71. The molecule has 0 bridgehead atoms. The summed E-state index contributed by atoms with van der Waals surface area (Å²) in [5, 5.41) is 40.8. The Morgan fingerprint density at radius 1 is 1.14 bits per heavy atom. The van der Waals surface area contributed by atoms with Crippen LogP contribution in [0.2, 0.25) is 0 Å². The van der Waals surface area contributed by atoms with Crippen molar-refractivity contribution in [3.05, 3.63) is 47.3 Å². The van der Waals surface area contributed by atoms with E-state index in [-0.39, 0.29) is 24.7 Å². The molecule has 0 aliphatic rings. The Kier molecular flexibility index (Phi) is 13.6. The van der Waals surface area contributed by atoms with Crippen molar-refractivity contribution in [2.45, 2.75) is 98.4 Å². The zero-order valence-electron chi connectivity index (χ0n) is 22.4. The van der Waals surface area contributed by atoms with Crippen molar-refractivity contribution in [3.8, 4) is 0 Å². The van der Waals surface area contributed by atoms with Crippen LogP contribution >= 0.6 is 0 Å². The first-order chi connectivity index (χ1) is 16.4. The highest BCUT2D eigenvalue weighted by Gasteiger charge is 2.42. The molecule has 4 N–H and O–H groups in total. The SMILES string of the molecule is CC[C@@H](C(=O)C(C)(C)[C@@H](O)CCO)[C@@H](O)[C@@H](C)CCCC(C)=CC[C@H](O)C(C)=Cc1ccccn1. The second-order valence-corrected chi connectivity index (χ2v) is 10.4. The van der Waals surface area contributed by atoms with Gasteiger partial charge in [-0.15, -0.1) is 0 Å². The molecule has 6 nitrogen and oxygen atoms in total. The molecule has 1 aromatic rings. The van der Waals surface area contributed by atoms with Crippen LogP contribution in [-0.2, 0) is 4.79 Å². The molecular weight excluding hydrogens is 442 g/mol. The molecule has 1 rings (SSSR count). The standard InChI is InChI=1S/C29H47NO5/c1-7-24(28(35)29(5,6)26(33)16-18-31)27(34)21(3)12-10-11-20(2)14-15-25(32)22(4)19-23-13-8-9-17-30-23/h8-9,13-14,17,19,21,24-27,31-34H,7,10-12,15-16,18H2,1-6H3/t21-,24+,25-,26-,27-/m0/s1. The van der Waals surface area contributed by atoms with Crippen LogP contribution in [0, 0.1) is 17.3 Å². The summed E-state index contributed by atoms with van der Waals surface area (Å²) in [6, 6.07) is 5.68. The second-order valence-electron chi connectivity index (χ2n) is 10.4. The van der Waals surface area contributed by atoms with Crippen molar-refractivity contribution in [1.82, 2.24) is 4.98 Å². The van der Waals surface area contributed by atoms with E-state index in [2.05, 4.69) is 18.0 Å². The van der Waals surface area contributed by atoms with E-state index in [4.69, 9.17) is 5.11 Å². The van der Waals surface area contributed by atoms with Gasteiger partial charge in [-0.1, -0.05) is 45.4 Å². The molecule has 0 aliphatic carbocycles. The fraction of sp³-hybridized carbons (Fsp3) is 0.655. The largest absolute Gasteiger partial charge is 0.396 e. The zero-order valence-corrected chi connectivity index (χ0v) is 22.4. The Hall–Kier alpha value is -1.86. The highest BCUT2D eigenvalue weighted by molar-refractivity contribution is 5.87. The number of allylic oxidation sites excluding steroid dienone is 1. The van der Waals surface area contributed by atoms with E-state index in [1.54, 1.807) is 20.0 Å². The Balaban J connectivity index is 2.59. The first-order valence-corrected chi connectivity index (χ1v) is 12.9. The first-order valence-electron chi connectivity index (χ1n) is 12.9. The molecule has 0 spiro atoms. The van der Waals surface area contributed by atoms with E-state index >= 15 is 0 Å². The average Bonchev–Trinajstić information content (AvgIpc) is 2.83. The van der Waals surface area contributed by atoms with Gasteiger partial charge in [-0.3, -0.25) is 9.78 Å². The van der Waals surface area contributed by atoms with Crippen LogP contribution in [0.1, 0.15) is 85.8 Å². The van der Waals surface area contributed by atoms with Gasteiger partial charge in [0.15, 0.2) is 0 Å². The van der Waals surface area contributed by atoms with E-state index in [0.717, 1.165) is 30.5 Å². The molecule has 1 heterocycles. The topological polar surface area (TPSA) is 111 Å². The highest BCUT2D eigenvalue weighted by atomic mass is 16.3. The Morgan fingerprint density at radius 3 is 2.40 bits per heavy atom. The van der Waals surface area contributed by atoms with Crippen LogP contribution in [0.25, 0.3) is 6.08 Å². The fourth-order valence-corrected chi connectivity index (χ4v) is 4.37. The smallest absolute Gasteiger partial charge is 0.146 e. The maximum Gasteiger partial charge on any atom is 0.146 e. The number of aromatic nitrogens is 1. The van der Waals surface area contributed by atoms with Crippen LogP contribution in [0.3, 0.4) is 0 Å². The molecule has 35 heavy (non-hydrogen) atoms. The summed E-state index contributed by atoms with van der Waals surface area (Å²) >= 11 is 0. The lowest BCUT2D eigenvalue weighted by Crippen LogP contribution is -2.45. The average molecular weight is 490 g/mol. The van der Waals surface area contributed by atoms with E-state index in [9.17, 15) is 20.1 Å². The number of carbonyl (C=O) groups excluding carboxylic acids is 1. The molecule has 0 aromatic carbocycles. The zero-order chi connectivity index (χ0) is 26.6. The number of pyridine rings is 1. The molecular formula is C29H47NO5. The van der Waals surface area contributed by atoms with Crippen LogP contribution in [0.5, 0.6) is 0 Å². The third kappa shape index (κ3) is 9.96. The molecule has 0 unspecified atom stereocenters. The number of hydrogen-bond acceptors (Lipinski definition) is 6. The van der Waals surface area contributed by atoms with Gasteiger partial charge in [-0.2, -0.15) is 0 Å². The molecule has 0 amide bonds. The lowest BCUT2D eigenvalue weighted by atomic mass is 9.71. The number of aliphatic hydroxyl groups excluding tert-OH is 4. The van der Waals surface area contributed by atoms with Crippen LogP contribution in [0.15, 0.2) is 41.6 Å². The normalized spacial score (nSPS) is 17.5. The van der Waals surface area contributed by atoms with Crippen LogP contribution < -0.4 is 0 Å². The number of rotatable bonds is 16. The van der Waals surface area contributed by atoms with E-state index < -0.39 is 29.6 Å². The number of ketones is 1. The van der Waals surface area contributed by atoms with Gasteiger partial charge in [-0.05, 0) is 82.1 Å². The maximum atomic E-state index is 13.1. The monoisotopic (exact) mass is 489 g/mol. The molecule has 198 valence electrons. The highest BCUT2D eigenvalue weighted by Crippen LogP contribution is 2.33. The van der Waals surface area contributed by atoms with Crippen molar-refractivity contribution in [2.75, 3.05) is 6.61 Å². The van der Waals surface area contributed by atoms with E-state index in [1.165, 1.54) is 5.57 Å².